The fourth-order valence-electron chi connectivity index (χ4n) is 1.53. The molecule has 0 unspecified atom stereocenters. The van der Waals surface area contributed by atoms with Gasteiger partial charge in [0.2, 0.25) is 11.9 Å². The molecule has 0 radical (unpaired) electrons. The van der Waals surface area contributed by atoms with Gasteiger partial charge in [-0.25, -0.2) is 4.98 Å². The lowest BCUT2D eigenvalue weighted by Gasteiger charge is -2.18. The summed E-state index contributed by atoms with van der Waals surface area (Å²) in [5.74, 6) is 0.930. The van der Waals surface area contributed by atoms with Crippen LogP contribution in [0.3, 0.4) is 0 Å². The summed E-state index contributed by atoms with van der Waals surface area (Å²) in [7, 11) is 0. The molecule has 0 atom stereocenters. The Labute approximate surface area is 115 Å². The normalized spacial score (nSPS) is 10.2. The molecule has 1 amide bonds. The van der Waals surface area contributed by atoms with Crippen LogP contribution in [-0.2, 0) is 4.79 Å². The van der Waals surface area contributed by atoms with Crippen molar-refractivity contribution in [1.82, 2.24) is 14.9 Å². The molecule has 0 fully saturated rings. The number of halogens is 1. The number of nitrogens with one attached hydrogen (secondary N) is 1. The minimum Gasteiger partial charge on any atom is -0.383 e. The summed E-state index contributed by atoms with van der Waals surface area (Å²) in [5, 5.41) is 2.98. The van der Waals surface area contributed by atoms with Gasteiger partial charge in [0, 0.05) is 32.1 Å². The third kappa shape index (κ3) is 4.48. The highest BCUT2D eigenvalue weighted by Gasteiger charge is 2.09. The molecular weight excluding hydrogens is 298 g/mol. The van der Waals surface area contributed by atoms with E-state index in [4.69, 9.17) is 5.73 Å². The first kappa shape index (κ1) is 14.7. The first-order valence-electron chi connectivity index (χ1n) is 5.88. The van der Waals surface area contributed by atoms with E-state index in [1.807, 2.05) is 13.8 Å². The number of nitrogens with two attached hydrogens (primary N) is 1. The summed E-state index contributed by atoms with van der Waals surface area (Å²) < 4.78 is 0.618. The van der Waals surface area contributed by atoms with Crippen molar-refractivity contribution in [2.75, 3.05) is 30.7 Å². The average molecular weight is 316 g/mol. The Balaban J connectivity index is 2.44. The molecule has 7 heteroatoms. The van der Waals surface area contributed by atoms with Crippen molar-refractivity contribution in [3.05, 3.63) is 10.7 Å². The number of nitrogens with zero attached hydrogens (tertiary/aromatic N) is 3. The number of hydrogen-bond donors (Lipinski definition) is 2. The average Bonchev–Trinajstić information content (AvgIpc) is 2.29. The summed E-state index contributed by atoms with van der Waals surface area (Å²) in [6.07, 6.45) is 0.414. The lowest BCUT2D eigenvalue weighted by molar-refractivity contribution is -0.130. The summed E-state index contributed by atoms with van der Waals surface area (Å²) in [6.45, 7) is 5.89. The third-order valence-corrected chi connectivity index (χ3v) is 2.86. The maximum atomic E-state index is 11.7. The molecule has 0 bridgehead atoms. The van der Waals surface area contributed by atoms with Crippen molar-refractivity contribution in [2.24, 2.45) is 0 Å². The number of hydrogen-bond acceptors (Lipinski definition) is 5. The molecular formula is C11H18BrN5O. The van der Waals surface area contributed by atoms with Gasteiger partial charge < -0.3 is 16.0 Å². The van der Waals surface area contributed by atoms with Crippen molar-refractivity contribution in [1.29, 1.82) is 0 Å². The minimum absolute atomic E-state index is 0.121. The van der Waals surface area contributed by atoms with E-state index in [-0.39, 0.29) is 5.91 Å². The van der Waals surface area contributed by atoms with Gasteiger partial charge in [0.05, 0.1) is 0 Å². The van der Waals surface area contributed by atoms with Gasteiger partial charge in [-0.2, -0.15) is 4.98 Å². The second-order valence-electron chi connectivity index (χ2n) is 3.68. The quantitative estimate of drug-likeness (QED) is 0.777. The van der Waals surface area contributed by atoms with E-state index in [1.54, 1.807) is 11.0 Å². The van der Waals surface area contributed by atoms with Crippen LogP contribution in [0.15, 0.2) is 10.7 Å². The molecule has 0 aromatic carbocycles. The van der Waals surface area contributed by atoms with E-state index in [0.29, 0.717) is 29.3 Å². The fraction of sp³-hybridized carbons (Fsp3) is 0.545. The van der Waals surface area contributed by atoms with Crippen LogP contribution in [0.25, 0.3) is 0 Å². The summed E-state index contributed by atoms with van der Waals surface area (Å²) in [6, 6.07) is 1.62. The number of aromatic nitrogens is 2. The number of carbonyl (C=O) groups is 1. The molecule has 0 aliphatic heterocycles. The molecule has 0 saturated heterocycles. The summed E-state index contributed by atoms with van der Waals surface area (Å²) in [5.41, 5.74) is 5.59. The van der Waals surface area contributed by atoms with Gasteiger partial charge in [0.1, 0.15) is 10.4 Å². The van der Waals surface area contributed by atoms with Crippen LogP contribution in [0, 0.1) is 0 Å². The summed E-state index contributed by atoms with van der Waals surface area (Å²) >= 11 is 3.23. The Bertz CT molecular complexity index is 388. The third-order valence-electron chi connectivity index (χ3n) is 2.45. The maximum absolute atomic E-state index is 11.7. The first-order valence-corrected chi connectivity index (χ1v) is 6.67. The van der Waals surface area contributed by atoms with Crippen LogP contribution in [0.1, 0.15) is 20.3 Å². The lowest BCUT2D eigenvalue weighted by Crippen LogP contribution is -2.31. The molecule has 0 saturated carbocycles. The van der Waals surface area contributed by atoms with Crippen LogP contribution >= 0.6 is 15.9 Å². The number of carbonyl (C=O) groups excluding carboxylic acids is 1. The van der Waals surface area contributed by atoms with Crippen molar-refractivity contribution < 1.29 is 4.79 Å². The Morgan fingerprint density at radius 1 is 1.44 bits per heavy atom. The number of anilines is 2. The minimum atomic E-state index is 0.121. The second-order valence-corrected chi connectivity index (χ2v) is 4.49. The zero-order valence-corrected chi connectivity index (χ0v) is 12.2. The highest BCUT2D eigenvalue weighted by Crippen LogP contribution is 2.12. The van der Waals surface area contributed by atoms with Crippen LogP contribution in [0.5, 0.6) is 0 Å². The van der Waals surface area contributed by atoms with Gasteiger partial charge in [-0.15, -0.1) is 0 Å². The van der Waals surface area contributed by atoms with E-state index in [0.717, 1.165) is 13.1 Å². The van der Waals surface area contributed by atoms with Crippen LogP contribution in [0.2, 0.25) is 0 Å². The SMILES string of the molecule is CCN(CC)C(=O)CCNc1nc(N)cc(Br)n1. The largest absolute Gasteiger partial charge is 0.383 e. The van der Waals surface area contributed by atoms with Crippen molar-refractivity contribution in [3.63, 3.8) is 0 Å². The fourth-order valence-corrected chi connectivity index (χ4v) is 1.93. The highest BCUT2D eigenvalue weighted by molar-refractivity contribution is 9.10. The lowest BCUT2D eigenvalue weighted by atomic mass is 10.3. The van der Waals surface area contributed by atoms with Gasteiger partial charge in [0.25, 0.3) is 0 Å². The monoisotopic (exact) mass is 315 g/mol. The van der Waals surface area contributed by atoms with E-state index >= 15 is 0 Å². The van der Waals surface area contributed by atoms with Crippen LogP contribution in [-0.4, -0.2) is 40.4 Å². The molecule has 1 heterocycles. The van der Waals surface area contributed by atoms with Gasteiger partial charge in [-0.3, -0.25) is 4.79 Å². The van der Waals surface area contributed by atoms with E-state index in [9.17, 15) is 4.79 Å². The topological polar surface area (TPSA) is 84.1 Å². The van der Waals surface area contributed by atoms with E-state index in [1.165, 1.54) is 0 Å². The number of rotatable bonds is 6. The van der Waals surface area contributed by atoms with Crippen molar-refractivity contribution in [2.45, 2.75) is 20.3 Å². The van der Waals surface area contributed by atoms with Gasteiger partial charge in [-0.1, -0.05) is 0 Å². The van der Waals surface area contributed by atoms with E-state index in [2.05, 4.69) is 31.2 Å². The maximum Gasteiger partial charge on any atom is 0.225 e. The smallest absolute Gasteiger partial charge is 0.225 e. The first-order chi connectivity index (χ1) is 8.56. The molecule has 6 nitrogen and oxygen atoms in total. The van der Waals surface area contributed by atoms with Crippen molar-refractivity contribution >= 4 is 33.6 Å². The predicted octanol–water partition coefficient (Wildman–Crippen LogP) is 1.49. The standard InChI is InChI=1S/C11H18BrN5O/c1-3-17(4-2)10(18)5-6-14-11-15-8(12)7-9(13)16-11/h7H,3-6H2,1-2H3,(H3,13,14,15,16). The number of amides is 1. The van der Waals surface area contributed by atoms with Crippen molar-refractivity contribution in [3.8, 4) is 0 Å². The predicted molar refractivity (Wildman–Crippen MR) is 75.2 cm³/mol. The molecule has 18 heavy (non-hydrogen) atoms. The Morgan fingerprint density at radius 2 is 2.11 bits per heavy atom. The molecule has 1 rings (SSSR count). The molecule has 3 N–H and O–H groups in total. The van der Waals surface area contributed by atoms with Crippen LogP contribution < -0.4 is 11.1 Å². The second kappa shape index (κ2) is 7.15. The molecule has 100 valence electrons. The van der Waals surface area contributed by atoms with Gasteiger partial charge in [0.15, 0.2) is 0 Å². The Kier molecular flexibility index (Phi) is 5.84. The van der Waals surface area contributed by atoms with Crippen LogP contribution in [0.4, 0.5) is 11.8 Å². The Morgan fingerprint density at radius 3 is 2.67 bits per heavy atom. The molecule has 0 aliphatic rings. The Hall–Kier alpha value is -1.37. The summed E-state index contributed by atoms with van der Waals surface area (Å²) in [4.78, 5) is 21.7. The zero-order chi connectivity index (χ0) is 13.5. The molecule has 0 spiro atoms. The molecule has 1 aromatic heterocycles. The zero-order valence-electron chi connectivity index (χ0n) is 10.6. The highest BCUT2D eigenvalue weighted by atomic mass is 79.9. The van der Waals surface area contributed by atoms with Gasteiger partial charge in [-0.05, 0) is 29.8 Å². The van der Waals surface area contributed by atoms with Gasteiger partial charge >= 0.3 is 0 Å². The van der Waals surface area contributed by atoms with E-state index < -0.39 is 0 Å². The number of nitrogen functional groups attached to an aromatic ring is 1. The molecule has 0 aliphatic carbocycles. The molecule has 1 aromatic rings.